The summed E-state index contributed by atoms with van der Waals surface area (Å²) in [4.78, 5) is 2.65. The van der Waals surface area contributed by atoms with Gasteiger partial charge in [-0.05, 0) is 71.4 Å². The third kappa shape index (κ3) is 4.73. The predicted octanol–water partition coefficient (Wildman–Crippen LogP) is 2.53. The fraction of sp³-hybridized carbons (Fsp3) is 1.00. The van der Waals surface area contributed by atoms with E-state index < -0.39 is 5.60 Å². The van der Waals surface area contributed by atoms with Crippen molar-refractivity contribution in [1.29, 1.82) is 0 Å². The highest BCUT2D eigenvalue weighted by molar-refractivity contribution is 4.86. The number of nitrogens with one attached hydrogen (secondary N) is 1. The Bertz CT molecular complexity index is 259. The van der Waals surface area contributed by atoms with E-state index >= 15 is 0 Å². The Balaban J connectivity index is 1.75. The molecule has 2 rings (SSSR count). The highest BCUT2D eigenvalue weighted by Gasteiger charge is 2.30. The van der Waals surface area contributed by atoms with E-state index in [9.17, 15) is 5.11 Å². The summed E-state index contributed by atoms with van der Waals surface area (Å²) in [6.07, 6.45) is 9.64. The van der Waals surface area contributed by atoms with Gasteiger partial charge in [0.05, 0.1) is 5.60 Å². The number of aliphatic hydroxyl groups is 1. The van der Waals surface area contributed by atoms with Gasteiger partial charge in [-0.25, -0.2) is 0 Å². The second-order valence-corrected chi connectivity index (χ2v) is 6.85. The van der Waals surface area contributed by atoms with Crippen molar-refractivity contribution in [3.8, 4) is 0 Å². The molecular weight excluding hydrogens is 236 g/mol. The molecule has 1 aliphatic heterocycles. The summed E-state index contributed by atoms with van der Waals surface area (Å²) in [5, 5.41) is 13.8. The van der Waals surface area contributed by atoms with Gasteiger partial charge in [0.25, 0.3) is 0 Å². The van der Waals surface area contributed by atoms with Crippen LogP contribution in [0.2, 0.25) is 0 Å². The minimum atomic E-state index is -0.422. The molecule has 0 spiro atoms. The van der Waals surface area contributed by atoms with Gasteiger partial charge in [-0.3, -0.25) is 0 Å². The van der Waals surface area contributed by atoms with Crippen LogP contribution in [-0.2, 0) is 0 Å². The van der Waals surface area contributed by atoms with E-state index in [4.69, 9.17) is 0 Å². The fourth-order valence-electron chi connectivity index (χ4n) is 3.64. The van der Waals surface area contributed by atoms with Crippen LogP contribution in [0.25, 0.3) is 0 Å². The summed E-state index contributed by atoms with van der Waals surface area (Å²) in [6, 6.07) is 1.53. The third-order valence-electron chi connectivity index (χ3n) is 4.99. The molecule has 0 amide bonds. The van der Waals surface area contributed by atoms with Crippen molar-refractivity contribution in [2.24, 2.45) is 0 Å². The predicted molar refractivity (Wildman–Crippen MR) is 80.4 cm³/mol. The van der Waals surface area contributed by atoms with Gasteiger partial charge in [0.2, 0.25) is 0 Å². The summed E-state index contributed by atoms with van der Waals surface area (Å²) in [6.45, 7) is 7.68. The molecule has 1 aliphatic carbocycles. The fourth-order valence-corrected chi connectivity index (χ4v) is 3.64. The maximum absolute atomic E-state index is 10.2. The van der Waals surface area contributed by atoms with Crippen LogP contribution in [0.15, 0.2) is 0 Å². The van der Waals surface area contributed by atoms with Crippen molar-refractivity contribution in [3.05, 3.63) is 0 Å². The van der Waals surface area contributed by atoms with Crippen LogP contribution >= 0.6 is 0 Å². The van der Waals surface area contributed by atoms with Gasteiger partial charge in [-0.2, -0.15) is 0 Å². The van der Waals surface area contributed by atoms with Gasteiger partial charge in [-0.15, -0.1) is 0 Å². The molecule has 1 heterocycles. The molecule has 0 bridgehead atoms. The second-order valence-electron chi connectivity index (χ2n) is 6.85. The number of likely N-dealkylation sites (tertiary alicyclic amines) is 1. The van der Waals surface area contributed by atoms with Crippen molar-refractivity contribution in [3.63, 3.8) is 0 Å². The largest absolute Gasteiger partial charge is 0.390 e. The molecular formula is C16H32N2O. The van der Waals surface area contributed by atoms with Crippen molar-refractivity contribution in [2.45, 2.75) is 82.9 Å². The maximum atomic E-state index is 10.2. The quantitative estimate of drug-likeness (QED) is 0.822. The van der Waals surface area contributed by atoms with Crippen LogP contribution in [0.5, 0.6) is 0 Å². The van der Waals surface area contributed by atoms with Crippen LogP contribution in [0.4, 0.5) is 0 Å². The second kappa shape index (κ2) is 7.05. The Kier molecular flexibility index (Phi) is 5.67. The Morgan fingerprint density at radius 2 is 1.89 bits per heavy atom. The molecule has 2 N–H and O–H groups in total. The van der Waals surface area contributed by atoms with E-state index in [1.807, 2.05) is 6.92 Å². The third-order valence-corrected chi connectivity index (χ3v) is 4.99. The molecule has 1 saturated heterocycles. The molecule has 0 radical (unpaired) electrons. The van der Waals surface area contributed by atoms with Crippen LogP contribution in [-0.4, -0.2) is 47.3 Å². The van der Waals surface area contributed by atoms with Crippen molar-refractivity contribution >= 4 is 0 Å². The minimum absolute atomic E-state index is 0.422. The van der Waals surface area contributed by atoms with Gasteiger partial charge in [0.15, 0.2) is 0 Å². The molecule has 3 heteroatoms. The zero-order valence-electron chi connectivity index (χ0n) is 12.8. The maximum Gasteiger partial charge on any atom is 0.0632 e. The molecule has 0 aromatic carbocycles. The van der Waals surface area contributed by atoms with E-state index in [1.165, 1.54) is 45.2 Å². The number of hydrogen-bond donors (Lipinski definition) is 2. The SMILES string of the molecule is CCCNC1CCC(N2CCCC(C)(O)CC2)CC1. The van der Waals surface area contributed by atoms with Crippen molar-refractivity contribution < 1.29 is 5.11 Å². The smallest absolute Gasteiger partial charge is 0.0632 e. The van der Waals surface area contributed by atoms with Gasteiger partial charge in [0, 0.05) is 18.6 Å². The van der Waals surface area contributed by atoms with Crippen LogP contribution < -0.4 is 5.32 Å². The summed E-state index contributed by atoms with van der Waals surface area (Å²) in [5.41, 5.74) is -0.422. The molecule has 0 aromatic heterocycles. The highest BCUT2D eigenvalue weighted by Crippen LogP contribution is 2.28. The molecule has 3 nitrogen and oxygen atoms in total. The standard InChI is InChI=1S/C16H32N2O/c1-3-11-17-14-5-7-15(8-6-14)18-12-4-9-16(2,19)10-13-18/h14-15,17,19H,3-13H2,1-2H3. The molecule has 1 unspecified atom stereocenters. The first-order valence-electron chi connectivity index (χ1n) is 8.30. The molecule has 1 saturated carbocycles. The van der Waals surface area contributed by atoms with Crippen LogP contribution in [0.3, 0.4) is 0 Å². The molecule has 112 valence electrons. The molecule has 2 aliphatic rings. The summed E-state index contributed by atoms with van der Waals surface area (Å²) in [7, 11) is 0. The van der Waals surface area contributed by atoms with Gasteiger partial charge in [0.1, 0.15) is 0 Å². The lowest BCUT2D eigenvalue weighted by atomic mass is 9.90. The van der Waals surface area contributed by atoms with E-state index in [-0.39, 0.29) is 0 Å². The van der Waals surface area contributed by atoms with E-state index in [1.54, 1.807) is 0 Å². The lowest BCUT2D eigenvalue weighted by Crippen LogP contribution is -2.43. The monoisotopic (exact) mass is 268 g/mol. The van der Waals surface area contributed by atoms with Crippen LogP contribution in [0, 0.1) is 0 Å². The molecule has 0 aromatic rings. The average molecular weight is 268 g/mol. The van der Waals surface area contributed by atoms with E-state index in [0.717, 1.165) is 37.9 Å². The Morgan fingerprint density at radius 3 is 2.58 bits per heavy atom. The Hall–Kier alpha value is -0.120. The average Bonchev–Trinajstić information content (AvgIpc) is 2.58. The summed E-state index contributed by atoms with van der Waals surface area (Å²) in [5.74, 6) is 0. The van der Waals surface area contributed by atoms with Gasteiger partial charge >= 0.3 is 0 Å². The molecule has 2 fully saturated rings. The Morgan fingerprint density at radius 1 is 1.16 bits per heavy atom. The summed E-state index contributed by atoms with van der Waals surface area (Å²) >= 11 is 0. The first-order valence-corrected chi connectivity index (χ1v) is 8.30. The lowest BCUT2D eigenvalue weighted by molar-refractivity contribution is 0.0416. The topological polar surface area (TPSA) is 35.5 Å². The summed E-state index contributed by atoms with van der Waals surface area (Å²) < 4.78 is 0. The number of hydrogen-bond acceptors (Lipinski definition) is 3. The highest BCUT2D eigenvalue weighted by atomic mass is 16.3. The Labute approximate surface area is 118 Å². The van der Waals surface area contributed by atoms with E-state index in [2.05, 4.69) is 17.1 Å². The normalized spacial score (nSPS) is 38.1. The molecule has 19 heavy (non-hydrogen) atoms. The van der Waals surface area contributed by atoms with Crippen LogP contribution in [0.1, 0.15) is 65.2 Å². The minimum Gasteiger partial charge on any atom is -0.390 e. The zero-order valence-corrected chi connectivity index (χ0v) is 12.8. The zero-order chi connectivity index (χ0) is 13.7. The first kappa shape index (κ1) is 15.3. The number of nitrogens with zero attached hydrogens (tertiary/aromatic N) is 1. The van der Waals surface area contributed by atoms with Gasteiger partial charge in [-0.1, -0.05) is 6.92 Å². The number of rotatable bonds is 4. The molecule has 1 atom stereocenters. The first-order chi connectivity index (χ1) is 9.11. The van der Waals surface area contributed by atoms with E-state index in [0.29, 0.717) is 0 Å². The van der Waals surface area contributed by atoms with Crippen molar-refractivity contribution in [1.82, 2.24) is 10.2 Å². The van der Waals surface area contributed by atoms with Gasteiger partial charge < -0.3 is 15.3 Å². The van der Waals surface area contributed by atoms with Crippen molar-refractivity contribution in [2.75, 3.05) is 19.6 Å². The lowest BCUT2D eigenvalue weighted by Gasteiger charge is -2.37.